The molecular formula is C14H24ClN3O2. The summed E-state index contributed by atoms with van der Waals surface area (Å²) in [6, 6.07) is 2.19. The minimum atomic E-state index is -0.0599. The molecule has 0 bridgehead atoms. The molecule has 114 valence electrons. The van der Waals surface area contributed by atoms with Gasteiger partial charge in [-0.25, -0.2) is 0 Å². The second-order valence-corrected chi connectivity index (χ2v) is 5.29. The molecule has 2 N–H and O–H groups in total. The summed E-state index contributed by atoms with van der Waals surface area (Å²) in [6.07, 6.45) is 8.89. The summed E-state index contributed by atoms with van der Waals surface area (Å²) in [4.78, 5) is 11.8. The Kier molecular flexibility index (Phi) is 7.62. The first kappa shape index (κ1) is 17.0. The summed E-state index contributed by atoms with van der Waals surface area (Å²) >= 11 is 0. The van der Waals surface area contributed by atoms with Gasteiger partial charge in [-0.3, -0.25) is 4.79 Å². The van der Waals surface area contributed by atoms with Crippen LogP contribution in [0.15, 0.2) is 10.6 Å². The van der Waals surface area contributed by atoms with Crippen LogP contribution in [0.3, 0.4) is 0 Å². The van der Waals surface area contributed by atoms with Crippen LogP contribution in [0.25, 0.3) is 0 Å². The molecule has 1 aliphatic carbocycles. The maximum Gasteiger partial charge on any atom is 0.239 e. The van der Waals surface area contributed by atoms with E-state index in [0.29, 0.717) is 24.2 Å². The number of nitrogens with zero attached hydrogens (tertiary/aromatic N) is 1. The lowest BCUT2D eigenvalue weighted by Crippen LogP contribution is -2.36. The van der Waals surface area contributed by atoms with Gasteiger partial charge >= 0.3 is 0 Å². The maximum atomic E-state index is 11.8. The van der Waals surface area contributed by atoms with Crippen LogP contribution in [0.4, 0.5) is 5.82 Å². The number of rotatable bonds is 4. The Morgan fingerprint density at radius 3 is 2.55 bits per heavy atom. The van der Waals surface area contributed by atoms with Gasteiger partial charge in [0, 0.05) is 12.1 Å². The molecule has 0 unspecified atom stereocenters. The van der Waals surface area contributed by atoms with Crippen molar-refractivity contribution in [1.29, 1.82) is 0 Å². The molecule has 0 aromatic carbocycles. The van der Waals surface area contributed by atoms with Crippen molar-refractivity contribution in [3.63, 3.8) is 0 Å². The van der Waals surface area contributed by atoms with Crippen LogP contribution in [-0.4, -0.2) is 23.7 Å². The Bertz CT molecular complexity index is 401. The van der Waals surface area contributed by atoms with Crippen LogP contribution < -0.4 is 10.6 Å². The molecule has 0 spiro atoms. The SMILES string of the molecule is Cc1cc(NC(=O)CNC2CCCCCCC2)no1.Cl. The van der Waals surface area contributed by atoms with Gasteiger partial charge < -0.3 is 15.2 Å². The third-order valence-corrected chi connectivity index (χ3v) is 3.55. The summed E-state index contributed by atoms with van der Waals surface area (Å²) in [5, 5.41) is 9.81. The molecule has 1 saturated carbocycles. The predicted molar refractivity (Wildman–Crippen MR) is 81.2 cm³/mol. The minimum absolute atomic E-state index is 0. The minimum Gasteiger partial charge on any atom is -0.360 e. The molecule has 1 aliphatic rings. The maximum absolute atomic E-state index is 11.8. The molecule has 6 heteroatoms. The molecule has 0 atom stereocenters. The summed E-state index contributed by atoms with van der Waals surface area (Å²) in [7, 11) is 0. The second kappa shape index (κ2) is 8.97. The number of aryl methyl sites for hydroxylation is 1. The number of nitrogens with one attached hydrogen (secondary N) is 2. The number of amides is 1. The average molecular weight is 302 g/mol. The van der Waals surface area contributed by atoms with Crippen molar-refractivity contribution in [2.24, 2.45) is 0 Å². The van der Waals surface area contributed by atoms with Gasteiger partial charge in [0.1, 0.15) is 5.76 Å². The Balaban J connectivity index is 0.00000200. The summed E-state index contributed by atoms with van der Waals surface area (Å²) < 4.78 is 4.91. The molecule has 1 fully saturated rings. The smallest absolute Gasteiger partial charge is 0.239 e. The standard InChI is InChI=1S/C14H23N3O2.ClH/c1-11-9-13(17-19-11)16-14(18)10-15-12-7-5-3-2-4-6-8-12;/h9,12,15H,2-8,10H2,1H3,(H,16,17,18);1H. The first-order valence-corrected chi connectivity index (χ1v) is 7.20. The zero-order valence-electron chi connectivity index (χ0n) is 12.0. The van der Waals surface area contributed by atoms with Gasteiger partial charge in [0.05, 0.1) is 6.54 Å². The third-order valence-electron chi connectivity index (χ3n) is 3.55. The molecule has 1 amide bonds. The van der Waals surface area contributed by atoms with Crippen LogP contribution in [-0.2, 0) is 4.79 Å². The third kappa shape index (κ3) is 5.92. The van der Waals surface area contributed by atoms with E-state index < -0.39 is 0 Å². The number of hydrogen-bond donors (Lipinski definition) is 2. The van der Waals surface area contributed by atoms with E-state index in [-0.39, 0.29) is 18.3 Å². The first-order valence-electron chi connectivity index (χ1n) is 7.20. The fourth-order valence-electron chi connectivity index (χ4n) is 2.51. The highest BCUT2D eigenvalue weighted by Gasteiger charge is 2.13. The van der Waals surface area contributed by atoms with E-state index >= 15 is 0 Å². The molecular weight excluding hydrogens is 278 g/mol. The van der Waals surface area contributed by atoms with Crippen molar-refractivity contribution in [3.8, 4) is 0 Å². The van der Waals surface area contributed by atoms with E-state index in [1.807, 2.05) is 0 Å². The van der Waals surface area contributed by atoms with E-state index in [1.54, 1.807) is 13.0 Å². The quantitative estimate of drug-likeness (QED) is 0.897. The number of anilines is 1. The molecule has 0 saturated heterocycles. The van der Waals surface area contributed by atoms with Gasteiger partial charge in [-0.1, -0.05) is 37.3 Å². The van der Waals surface area contributed by atoms with Crippen molar-refractivity contribution in [2.45, 2.75) is 57.9 Å². The first-order chi connectivity index (χ1) is 9.24. The van der Waals surface area contributed by atoms with E-state index in [9.17, 15) is 4.79 Å². The van der Waals surface area contributed by atoms with Gasteiger partial charge in [-0.05, 0) is 19.8 Å². The zero-order valence-corrected chi connectivity index (χ0v) is 12.8. The highest BCUT2D eigenvalue weighted by atomic mass is 35.5. The van der Waals surface area contributed by atoms with E-state index in [0.717, 1.165) is 0 Å². The van der Waals surface area contributed by atoms with Crippen LogP contribution in [0.2, 0.25) is 0 Å². The Labute approximate surface area is 126 Å². The van der Waals surface area contributed by atoms with Crippen molar-refractivity contribution in [2.75, 3.05) is 11.9 Å². The van der Waals surface area contributed by atoms with Crippen LogP contribution in [0.5, 0.6) is 0 Å². The topological polar surface area (TPSA) is 67.2 Å². The van der Waals surface area contributed by atoms with Crippen molar-refractivity contribution >= 4 is 24.1 Å². The number of aromatic nitrogens is 1. The lowest BCUT2D eigenvalue weighted by molar-refractivity contribution is -0.115. The predicted octanol–water partition coefficient (Wildman–Crippen LogP) is 3.05. The van der Waals surface area contributed by atoms with Gasteiger partial charge in [-0.2, -0.15) is 0 Å². The second-order valence-electron chi connectivity index (χ2n) is 5.29. The summed E-state index contributed by atoms with van der Waals surface area (Å²) in [5.41, 5.74) is 0. The van der Waals surface area contributed by atoms with E-state index in [2.05, 4.69) is 15.8 Å². The van der Waals surface area contributed by atoms with Crippen molar-refractivity contribution in [3.05, 3.63) is 11.8 Å². The highest BCUT2D eigenvalue weighted by Crippen LogP contribution is 2.16. The van der Waals surface area contributed by atoms with Gasteiger partial charge in [-0.15, -0.1) is 12.4 Å². The largest absolute Gasteiger partial charge is 0.360 e. The van der Waals surface area contributed by atoms with Gasteiger partial charge in [0.2, 0.25) is 5.91 Å². The average Bonchev–Trinajstić information content (AvgIpc) is 2.73. The molecule has 0 aliphatic heterocycles. The number of carbonyl (C=O) groups excluding carboxylic acids is 1. The fourth-order valence-corrected chi connectivity index (χ4v) is 2.51. The molecule has 2 rings (SSSR count). The Morgan fingerprint density at radius 1 is 1.30 bits per heavy atom. The molecule has 1 aromatic heterocycles. The molecule has 1 heterocycles. The Morgan fingerprint density at radius 2 is 1.95 bits per heavy atom. The summed E-state index contributed by atoms with van der Waals surface area (Å²) in [6.45, 7) is 2.14. The van der Waals surface area contributed by atoms with Gasteiger partial charge in [0.25, 0.3) is 0 Å². The lowest BCUT2D eigenvalue weighted by atomic mass is 9.97. The van der Waals surface area contributed by atoms with Crippen molar-refractivity contribution in [1.82, 2.24) is 10.5 Å². The molecule has 5 nitrogen and oxygen atoms in total. The summed E-state index contributed by atoms with van der Waals surface area (Å²) in [5.74, 6) is 1.13. The lowest BCUT2D eigenvalue weighted by Gasteiger charge is -2.20. The normalized spacial score (nSPS) is 16.9. The molecule has 1 aromatic rings. The number of halogens is 1. The van der Waals surface area contributed by atoms with Crippen LogP contribution in [0, 0.1) is 6.92 Å². The van der Waals surface area contributed by atoms with Crippen LogP contribution >= 0.6 is 12.4 Å². The van der Waals surface area contributed by atoms with Gasteiger partial charge in [0.15, 0.2) is 5.82 Å². The molecule has 0 radical (unpaired) electrons. The molecule has 20 heavy (non-hydrogen) atoms. The number of carbonyl (C=O) groups is 1. The van der Waals surface area contributed by atoms with Crippen LogP contribution in [0.1, 0.15) is 50.7 Å². The Hall–Kier alpha value is -1.07. The monoisotopic (exact) mass is 301 g/mol. The zero-order chi connectivity index (χ0) is 13.5. The fraction of sp³-hybridized carbons (Fsp3) is 0.714. The highest BCUT2D eigenvalue weighted by molar-refractivity contribution is 5.91. The number of hydrogen-bond acceptors (Lipinski definition) is 4. The van der Waals surface area contributed by atoms with E-state index in [1.165, 1.54) is 44.9 Å². The van der Waals surface area contributed by atoms with E-state index in [4.69, 9.17) is 4.52 Å². The van der Waals surface area contributed by atoms with Crippen molar-refractivity contribution < 1.29 is 9.32 Å².